The number of nitrogens with one attached hydrogen (secondary N) is 1. The highest BCUT2D eigenvalue weighted by molar-refractivity contribution is 5.86. The van der Waals surface area contributed by atoms with Gasteiger partial charge in [0.15, 0.2) is 0 Å². The van der Waals surface area contributed by atoms with E-state index >= 15 is 0 Å². The lowest BCUT2D eigenvalue weighted by molar-refractivity contribution is -0.267. The summed E-state index contributed by atoms with van der Waals surface area (Å²) in [7, 11) is 0. The number of hydrogen-bond donors (Lipinski definition) is 2. The molecular weight excluding hydrogens is 713 g/mol. The molecule has 298 valence electrons. The molecule has 5 aromatic rings. The summed E-state index contributed by atoms with van der Waals surface area (Å²) in [6, 6.07) is 45.2. The molecule has 1 saturated heterocycles. The van der Waals surface area contributed by atoms with Crippen LogP contribution in [0.5, 0.6) is 0 Å². The molecule has 5 aromatic carbocycles. The lowest BCUT2D eigenvalue weighted by atomic mass is 9.87. The minimum Gasteiger partial charge on any atom is -0.368 e. The van der Waals surface area contributed by atoms with Gasteiger partial charge < -0.3 is 30.0 Å². The maximum absolute atomic E-state index is 12.2. The zero-order chi connectivity index (χ0) is 40.0. The van der Waals surface area contributed by atoms with Gasteiger partial charge in [-0.2, -0.15) is 0 Å². The molecule has 0 bridgehead atoms. The summed E-state index contributed by atoms with van der Waals surface area (Å²) in [6.07, 6.45) is 1.39. The summed E-state index contributed by atoms with van der Waals surface area (Å²) in [5, 5.41) is 2.64. The van der Waals surface area contributed by atoms with Crippen molar-refractivity contribution in [3.8, 4) is 0 Å². The summed E-state index contributed by atoms with van der Waals surface area (Å²) in [5.74, 6) is -0.709. The quantitative estimate of drug-likeness (QED) is 0.0873. The number of carbonyl (C=O) groups is 2. The van der Waals surface area contributed by atoms with E-state index in [0.717, 1.165) is 47.1 Å². The molecule has 1 aliphatic heterocycles. The molecule has 8 heteroatoms. The highest BCUT2D eigenvalue weighted by atomic mass is 16.6. The van der Waals surface area contributed by atoms with Crippen LogP contribution >= 0.6 is 0 Å². The van der Waals surface area contributed by atoms with Gasteiger partial charge in [-0.05, 0) is 84.0 Å². The summed E-state index contributed by atoms with van der Waals surface area (Å²) in [5.41, 5.74) is 14.3. The third-order valence-electron chi connectivity index (χ3n) is 10.7. The van der Waals surface area contributed by atoms with E-state index in [1.807, 2.05) is 54.6 Å². The fraction of sp³-hybridized carbons (Fsp3) is 0.347. The van der Waals surface area contributed by atoms with Gasteiger partial charge in [0, 0.05) is 6.42 Å². The molecule has 0 saturated carbocycles. The first-order valence-corrected chi connectivity index (χ1v) is 20.1. The predicted octanol–water partition coefficient (Wildman–Crippen LogP) is 8.50. The molecule has 0 radical (unpaired) electrons. The number of carbonyl (C=O) groups excluding carboxylic acids is 2. The second kappa shape index (κ2) is 20.9. The predicted molar refractivity (Wildman–Crippen MR) is 223 cm³/mol. The van der Waals surface area contributed by atoms with E-state index in [9.17, 15) is 9.59 Å². The van der Waals surface area contributed by atoms with Gasteiger partial charge in [-0.1, -0.05) is 140 Å². The van der Waals surface area contributed by atoms with E-state index in [2.05, 4.69) is 98.0 Å². The average Bonchev–Trinajstić information content (AvgIpc) is 3.23. The average molecular weight is 769 g/mol. The Balaban J connectivity index is 1.23. The molecule has 8 nitrogen and oxygen atoms in total. The van der Waals surface area contributed by atoms with Crippen molar-refractivity contribution in [2.24, 2.45) is 5.73 Å². The summed E-state index contributed by atoms with van der Waals surface area (Å²) in [6.45, 7) is 7.14. The molecule has 6 rings (SSSR count). The van der Waals surface area contributed by atoms with E-state index in [1.54, 1.807) is 6.92 Å². The molecule has 0 spiro atoms. The first-order chi connectivity index (χ1) is 27.8. The van der Waals surface area contributed by atoms with E-state index in [4.69, 9.17) is 24.7 Å². The Morgan fingerprint density at radius 3 is 1.75 bits per heavy atom. The van der Waals surface area contributed by atoms with Crippen LogP contribution in [0.15, 0.2) is 133 Å². The molecule has 3 N–H and O–H groups in total. The topological polar surface area (TPSA) is 109 Å². The number of nitrogens with two attached hydrogens (primary N) is 1. The Morgan fingerprint density at radius 1 is 0.684 bits per heavy atom. The van der Waals surface area contributed by atoms with Crippen molar-refractivity contribution in [2.45, 2.75) is 109 Å². The lowest BCUT2D eigenvalue weighted by Gasteiger charge is -2.46. The molecule has 2 amide bonds. The molecule has 6 atom stereocenters. The van der Waals surface area contributed by atoms with Crippen molar-refractivity contribution < 1.29 is 28.5 Å². The molecule has 1 heterocycles. The first-order valence-electron chi connectivity index (χ1n) is 20.1. The van der Waals surface area contributed by atoms with E-state index in [1.165, 1.54) is 16.7 Å². The second-order valence-electron chi connectivity index (χ2n) is 15.0. The highest BCUT2D eigenvalue weighted by Crippen LogP contribution is 2.40. The Kier molecular flexibility index (Phi) is 15.2. The Labute approximate surface area is 337 Å². The molecule has 0 aliphatic carbocycles. The van der Waals surface area contributed by atoms with Crippen LogP contribution in [0, 0.1) is 6.92 Å². The van der Waals surface area contributed by atoms with Gasteiger partial charge in [0.2, 0.25) is 11.8 Å². The maximum Gasteiger partial charge on any atom is 0.239 e. The molecular formula is C49H56N2O6. The van der Waals surface area contributed by atoms with Crippen molar-refractivity contribution in [2.75, 3.05) is 0 Å². The van der Waals surface area contributed by atoms with Crippen LogP contribution in [0.25, 0.3) is 0 Å². The largest absolute Gasteiger partial charge is 0.368 e. The SMILES string of the molecule is CC[C@H]1O[C@@H](c2ccc(C)c(Cc3ccc(CCCC(=O)NC(C)C(N)=O)cc3)c2)[C@H](OCc2ccccc2)[C@@H](OCc2ccccc2)[C@@H]1OCc1ccccc1. The number of rotatable bonds is 19. The van der Waals surface area contributed by atoms with Gasteiger partial charge in [0.25, 0.3) is 0 Å². The van der Waals surface area contributed by atoms with E-state index in [0.29, 0.717) is 32.7 Å². The van der Waals surface area contributed by atoms with Crippen molar-refractivity contribution >= 4 is 11.8 Å². The lowest BCUT2D eigenvalue weighted by Crippen LogP contribution is -2.57. The fourth-order valence-corrected chi connectivity index (χ4v) is 7.33. The number of primary amides is 1. The molecule has 0 aromatic heterocycles. The van der Waals surface area contributed by atoms with Crippen molar-refractivity contribution in [1.82, 2.24) is 5.32 Å². The number of amides is 2. The summed E-state index contributed by atoms with van der Waals surface area (Å²) in [4.78, 5) is 23.5. The molecule has 1 aliphatic rings. The Bertz CT molecular complexity index is 1990. The number of benzene rings is 5. The summed E-state index contributed by atoms with van der Waals surface area (Å²) < 4.78 is 27.7. The van der Waals surface area contributed by atoms with Gasteiger partial charge in [0.05, 0.1) is 25.9 Å². The van der Waals surface area contributed by atoms with Crippen LogP contribution in [0.4, 0.5) is 0 Å². The minimum atomic E-state index is -0.672. The van der Waals surface area contributed by atoms with Crippen molar-refractivity contribution in [3.05, 3.63) is 178 Å². The van der Waals surface area contributed by atoms with E-state index in [-0.39, 0.29) is 18.1 Å². The maximum atomic E-state index is 12.2. The van der Waals surface area contributed by atoms with Crippen LogP contribution in [-0.4, -0.2) is 42.3 Å². The Morgan fingerprint density at radius 2 is 1.21 bits per heavy atom. The Hall–Kier alpha value is -5.12. The molecule has 1 unspecified atom stereocenters. The van der Waals surface area contributed by atoms with Crippen LogP contribution < -0.4 is 11.1 Å². The second-order valence-corrected chi connectivity index (χ2v) is 15.0. The third-order valence-corrected chi connectivity index (χ3v) is 10.7. The summed E-state index contributed by atoms with van der Waals surface area (Å²) >= 11 is 0. The van der Waals surface area contributed by atoms with Gasteiger partial charge >= 0.3 is 0 Å². The monoisotopic (exact) mass is 768 g/mol. The normalized spacial score (nSPS) is 19.8. The van der Waals surface area contributed by atoms with Crippen molar-refractivity contribution in [3.63, 3.8) is 0 Å². The van der Waals surface area contributed by atoms with Crippen LogP contribution in [-0.2, 0) is 61.2 Å². The smallest absolute Gasteiger partial charge is 0.239 e. The van der Waals surface area contributed by atoms with Crippen LogP contribution in [0.3, 0.4) is 0 Å². The van der Waals surface area contributed by atoms with Crippen LogP contribution in [0.2, 0.25) is 0 Å². The minimum absolute atomic E-state index is 0.169. The van der Waals surface area contributed by atoms with Crippen LogP contribution in [0.1, 0.15) is 83.7 Å². The van der Waals surface area contributed by atoms with Crippen molar-refractivity contribution in [1.29, 1.82) is 0 Å². The number of hydrogen-bond acceptors (Lipinski definition) is 6. The molecule has 1 fully saturated rings. The molecule has 57 heavy (non-hydrogen) atoms. The number of ether oxygens (including phenoxy) is 4. The zero-order valence-electron chi connectivity index (χ0n) is 33.3. The fourth-order valence-electron chi connectivity index (χ4n) is 7.33. The zero-order valence-corrected chi connectivity index (χ0v) is 33.3. The van der Waals surface area contributed by atoms with Gasteiger partial charge in [-0.25, -0.2) is 0 Å². The first kappa shape index (κ1) is 41.5. The van der Waals surface area contributed by atoms with E-state index < -0.39 is 30.3 Å². The highest BCUT2D eigenvalue weighted by Gasteiger charge is 2.48. The third kappa shape index (κ3) is 11.9. The van der Waals surface area contributed by atoms with Gasteiger partial charge in [-0.3, -0.25) is 9.59 Å². The van der Waals surface area contributed by atoms with Gasteiger partial charge in [-0.15, -0.1) is 0 Å². The van der Waals surface area contributed by atoms with Gasteiger partial charge in [0.1, 0.15) is 30.5 Å². The number of aryl methyl sites for hydroxylation is 2. The standard InChI is InChI=1S/C49H56N2O6/c1-4-43-46(54-31-38-15-8-5-9-16-38)48(56-33-40-19-12-7-13-20-40)47(55-32-39-17-10-6-11-18-39)45(57-43)41-28-23-34(2)42(30-41)29-37-26-24-36(25-27-37)21-14-22-44(52)51-35(3)49(50)53/h5-13,15-20,23-28,30,35,43,45-48H,4,14,21-22,29,31-33H2,1-3H3,(H2,50,53)(H,51,52)/t35?,43-,45+,46-,47+,48+/m1/s1.